The molecule has 1 unspecified atom stereocenters. The van der Waals surface area contributed by atoms with Crippen molar-refractivity contribution in [3.8, 4) is 6.07 Å². The summed E-state index contributed by atoms with van der Waals surface area (Å²) in [5.41, 5.74) is 1.06. The van der Waals surface area contributed by atoms with Crippen molar-refractivity contribution in [3.63, 3.8) is 0 Å². The van der Waals surface area contributed by atoms with E-state index < -0.39 is 11.6 Å². The van der Waals surface area contributed by atoms with Gasteiger partial charge in [0.2, 0.25) is 5.91 Å². The number of hydrogen-bond donors (Lipinski definition) is 0. The van der Waals surface area contributed by atoms with Crippen molar-refractivity contribution in [3.05, 3.63) is 39.8 Å². The van der Waals surface area contributed by atoms with Crippen LogP contribution in [0.2, 0.25) is 0 Å². The van der Waals surface area contributed by atoms with Gasteiger partial charge in [-0.1, -0.05) is 19.9 Å². The lowest BCUT2D eigenvalue weighted by Crippen LogP contribution is -2.36. The van der Waals surface area contributed by atoms with Gasteiger partial charge in [0.05, 0.1) is 5.69 Å². The van der Waals surface area contributed by atoms with Gasteiger partial charge in [0.25, 0.3) is 5.56 Å². The molecule has 2 heterocycles. The number of aromatic nitrogens is 2. The molecule has 0 spiro atoms. The first-order chi connectivity index (χ1) is 10.6. The maximum atomic E-state index is 12.5. The van der Waals surface area contributed by atoms with E-state index in [4.69, 9.17) is 0 Å². The summed E-state index contributed by atoms with van der Waals surface area (Å²) < 4.78 is 1.21. The second kappa shape index (κ2) is 6.56. The highest BCUT2D eigenvalue weighted by Gasteiger charge is 2.34. The van der Waals surface area contributed by atoms with Gasteiger partial charge in [-0.2, -0.15) is 10.4 Å². The third-order valence-electron chi connectivity index (χ3n) is 4.01. The lowest BCUT2D eigenvalue weighted by molar-refractivity contribution is -0.130. The second-order valence-corrected chi connectivity index (χ2v) is 5.25. The molecular weight excluding hydrogens is 280 g/mol. The van der Waals surface area contributed by atoms with Crippen LogP contribution >= 0.6 is 0 Å². The average molecular weight is 300 g/mol. The Balaban J connectivity index is 2.54. The zero-order valence-corrected chi connectivity index (χ0v) is 13.0. The summed E-state index contributed by atoms with van der Waals surface area (Å²) in [4.78, 5) is 26.6. The van der Waals surface area contributed by atoms with Crippen LogP contribution in [0.25, 0.3) is 0 Å². The number of nitrogens with zero attached hydrogens (tertiary/aromatic N) is 4. The number of nitriles is 1. The molecular formula is C16H20N4O2. The SMILES string of the molecule is C=CCN1CCC(n2nc(CC)c(CC)c(C#N)c2=O)C1=O. The van der Waals surface area contributed by atoms with E-state index in [2.05, 4.69) is 11.7 Å². The quantitative estimate of drug-likeness (QED) is 0.765. The normalized spacial score (nSPS) is 17.6. The number of aryl methyl sites for hydroxylation is 1. The molecule has 0 radical (unpaired) electrons. The average Bonchev–Trinajstić information content (AvgIpc) is 2.88. The smallest absolute Gasteiger partial charge is 0.285 e. The van der Waals surface area contributed by atoms with Gasteiger partial charge in [0.1, 0.15) is 17.7 Å². The molecule has 116 valence electrons. The standard InChI is InChI=1S/C16H20N4O2/c1-4-8-19-9-7-14(16(19)22)20-15(21)12(10-17)11(5-2)13(6-3)18-20/h4,14H,1,5-9H2,2-3H3. The molecule has 1 aromatic rings. The molecule has 6 heteroatoms. The molecule has 2 rings (SSSR count). The molecule has 1 aromatic heterocycles. The Kier molecular flexibility index (Phi) is 4.76. The Morgan fingerprint density at radius 3 is 2.68 bits per heavy atom. The predicted molar refractivity (Wildman–Crippen MR) is 82.4 cm³/mol. The van der Waals surface area contributed by atoms with Gasteiger partial charge >= 0.3 is 0 Å². The third-order valence-corrected chi connectivity index (χ3v) is 4.01. The van der Waals surface area contributed by atoms with Crippen LogP contribution < -0.4 is 5.56 Å². The van der Waals surface area contributed by atoms with Crippen molar-refractivity contribution < 1.29 is 4.79 Å². The molecule has 0 saturated carbocycles. The maximum absolute atomic E-state index is 12.5. The molecule has 0 N–H and O–H groups in total. The van der Waals surface area contributed by atoms with Gasteiger partial charge in [-0.25, -0.2) is 4.68 Å². The van der Waals surface area contributed by atoms with Gasteiger partial charge in [-0.15, -0.1) is 6.58 Å². The van der Waals surface area contributed by atoms with E-state index in [9.17, 15) is 14.9 Å². The van der Waals surface area contributed by atoms with E-state index in [1.165, 1.54) is 4.68 Å². The highest BCUT2D eigenvalue weighted by molar-refractivity contribution is 5.82. The minimum atomic E-state index is -0.615. The van der Waals surface area contributed by atoms with Crippen molar-refractivity contribution in [1.82, 2.24) is 14.7 Å². The second-order valence-electron chi connectivity index (χ2n) is 5.25. The monoisotopic (exact) mass is 300 g/mol. The van der Waals surface area contributed by atoms with Gasteiger partial charge in [0.15, 0.2) is 0 Å². The van der Waals surface area contributed by atoms with E-state index >= 15 is 0 Å². The number of carbonyl (C=O) groups excluding carboxylic acids is 1. The number of rotatable bonds is 5. The van der Waals surface area contributed by atoms with Gasteiger partial charge in [-0.05, 0) is 24.8 Å². The summed E-state index contributed by atoms with van der Waals surface area (Å²) in [5, 5.41) is 13.7. The van der Waals surface area contributed by atoms with Gasteiger partial charge in [0, 0.05) is 13.1 Å². The fourth-order valence-corrected chi connectivity index (χ4v) is 2.90. The first kappa shape index (κ1) is 16.0. The van der Waals surface area contributed by atoms with E-state index in [1.807, 2.05) is 19.9 Å². The number of likely N-dealkylation sites (tertiary alicyclic amines) is 1. The lowest BCUT2D eigenvalue weighted by Gasteiger charge is -2.17. The van der Waals surface area contributed by atoms with Crippen molar-refractivity contribution in [2.75, 3.05) is 13.1 Å². The molecule has 0 aromatic carbocycles. The molecule has 0 bridgehead atoms. The topological polar surface area (TPSA) is 79.0 Å². The van der Waals surface area contributed by atoms with Gasteiger partial charge < -0.3 is 4.90 Å². The summed E-state index contributed by atoms with van der Waals surface area (Å²) in [6.07, 6.45) is 3.39. The zero-order valence-electron chi connectivity index (χ0n) is 13.0. The van der Waals surface area contributed by atoms with Crippen LogP contribution in [0.5, 0.6) is 0 Å². The summed E-state index contributed by atoms with van der Waals surface area (Å²) >= 11 is 0. The van der Waals surface area contributed by atoms with Crippen molar-refractivity contribution >= 4 is 5.91 Å². The number of carbonyl (C=O) groups is 1. The van der Waals surface area contributed by atoms with Crippen LogP contribution in [0.1, 0.15) is 43.1 Å². The molecule has 6 nitrogen and oxygen atoms in total. The van der Waals surface area contributed by atoms with Crippen LogP contribution in [0.15, 0.2) is 17.4 Å². The molecule has 1 atom stereocenters. The number of amides is 1. The van der Waals surface area contributed by atoms with E-state index in [1.54, 1.807) is 11.0 Å². The fraction of sp³-hybridized carbons (Fsp3) is 0.500. The van der Waals surface area contributed by atoms with E-state index in [0.29, 0.717) is 43.6 Å². The predicted octanol–water partition coefficient (Wildman–Crippen LogP) is 1.20. The van der Waals surface area contributed by atoms with Crippen LogP contribution in [-0.2, 0) is 17.6 Å². The van der Waals surface area contributed by atoms with Crippen LogP contribution in [-0.4, -0.2) is 33.7 Å². The molecule has 22 heavy (non-hydrogen) atoms. The van der Waals surface area contributed by atoms with Crippen LogP contribution in [0.4, 0.5) is 0 Å². The van der Waals surface area contributed by atoms with Crippen LogP contribution in [0.3, 0.4) is 0 Å². The summed E-state index contributed by atoms with van der Waals surface area (Å²) in [7, 11) is 0. The number of hydrogen-bond acceptors (Lipinski definition) is 4. The molecule has 0 aliphatic carbocycles. The van der Waals surface area contributed by atoms with Gasteiger partial charge in [-0.3, -0.25) is 9.59 Å². The highest BCUT2D eigenvalue weighted by atomic mass is 16.2. The van der Waals surface area contributed by atoms with Crippen LogP contribution in [0, 0.1) is 11.3 Å². The summed E-state index contributed by atoms with van der Waals surface area (Å²) in [5.74, 6) is -0.135. The largest absolute Gasteiger partial charge is 0.337 e. The Labute approximate surface area is 129 Å². The third kappa shape index (κ3) is 2.54. The molecule has 1 fully saturated rings. The first-order valence-electron chi connectivity index (χ1n) is 7.53. The van der Waals surface area contributed by atoms with Crippen molar-refractivity contribution in [2.24, 2.45) is 0 Å². The molecule has 1 amide bonds. The van der Waals surface area contributed by atoms with Crippen molar-refractivity contribution in [2.45, 2.75) is 39.2 Å². The minimum absolute atomic E-state index is 0.115. The molecule has 1 aliphatic heterocycles. The highest BCUT2D eigenvalue weighted by Crippen LogP contribution is 2.22. The summed E-state index contributed by atoms with van der Waals surface area (Å²) in [6.45, 7) is 8.49. The summed E-state index contributed by atoms with van der Waals surface area (Å²) in [6, 6.07) is 1.38. The maximum Gasteiger partial charge on any atom is 0.285 e. The van der Waals surface area contributed by atoms with E-state index in [0.717, 1.165) is 0 Å². The molecule has 1 saturated heterocycles. The minimum Gasteiger partial charge on any atom is -0.337 e. The Morgan fingerprint density at radius 2 is 2.14 bits per heavy atom. The van der Waals surface area contributed by atoms with Crippen molar-refractivity contribution in [1.29, 1.82) is 5.26 Å². The van der Waals surface area contributed by atoms with E-state index in [-0.39, 0.29) is 11.5 Å². The lowest BCUT2D eigenvalue weighted by atomic mass is 10.0. The zero-order chi connectivity index (χ0) is 16.3. The Bertz CT molecular complexity index is 699. The first-order valence-corrected chi connectivity index (χ1v) is 7.53. The molecule has 1 aliphatic rings. The fourth-order valence-electron chi connectivity index (χ4n) is 2.90. The Hall–Kier alpha value is -2.42. The Morgan fingerprint density at radius 1 is 1.41 bits per heavy atom.